The summed E-state index contributed by atoms with van der Waals surface area (Å²) in [5.41, 5.74) is 13.4. The van der Waals surface area contributed by atoms with Gasteiger partial charge in [-0.3, -0.25) is 14.3 Å². The van der Waals surface area contributed by atoms with E-state index in [2.05, 4.69) is 10.4 Å². The molecule has 0 fully saturated rings. The van der Waals surface area contributed by atoms with Crippen molar-refractivity contribution >= 4 is 17.5 Å². The number of carbonyl (C=O) groups is 2. The van der Waals surface area contributed by atoms with Crippen LogP contribution in [0.1, 0.15) is 27.5 Å². The van der Waals surface area contributed by atoms with Gasteiger partial charge in [0, 0.05) is 30.1 Å². The van der Waals surface area contributed by atoms with Crippen LogP contribution < -0.4 is 16.8 Å². The van der Waals surface area contributed by atoms with Gasteiger partial charge in [-0.15, -0.1) is 0 Å². The number of carbonyl (C=O) groups excluding carboxylic acids is 2. The molecule has 0 bridgehead atoms. The van der Waals surface area contributed by atoms with Gasteiger partial charge in [-0.1, -0.05) is 0 Å². The molecular weight excluding hydrogens is 270 g/mol. The minimum Gasteiger partial charge on any atom is -0.366 e. The van der Waals surface area contributed by atoms with Crippen molar-refractivity contribution < 1.29 is 9.59 Å². The Kier molecular flexibility index (Phi) is 4.04. The van der Waals surface area contributed by atoms with Gasteiger partial charge in [0.25, 0.3) is 0 Å². The second kappa shape index (κ2) is 5.76. The average molecular weight is 287 g/mol. The third-order valence-corrected chi connectivity index (χ3v) is 3.14. The molecule has 1 atom stereocenters. The van der Waals surface area contributed by atoms with Gasteiger partial charge in [0.05, 0.1) is 6.20 Å². The Morgan fingerprint density at radius 2 is 2.10 bits per heavy atom. The highest BCUT2D eigenvalue weighted by atomic mass is 16.2. The third kappa shape index (κ3) is 3.26. The highest BCUT2D eigenvalue weighted by Gasteiger charge is 2.18. The van der Waals surface area contributed by atoms with Gasteiger partial charge in [0.2, 0.25) is 11.8 Å². The van der Waals surface area contributed by atoms with E-state index in [1.807, 2.05) is 0 Å². The van der Waals surface area contributed by atoms with E-state index < -0.39 is 11.9 Å². The first-order chi connectivity index (χ1) is 9.88. The van der Waals surface area contributed by atoms with Crippen LogP contribution in [0.25, 0.3) is 0 Å². The molecule has 0 saturated carbocycles. The second-order valence-corrected chi connectivity index (χ2v) is 4.81. The van der Waals surface area contributed by atoms with Crippen molar-refractivity contribution in [1.29, 1.82) is 0 Å². The molecule has 1 unspecified atom stereocenters. The van der Waals surface area contributed by atoms with Gasteiger partial charge in [-0.05, 0) is 30.7 Å². The fraction of sp³-hybridized carbons (Fsp3) is 0.214. The van der Waals surface area contributed by atoms with Crippen LogP contribution in [-0.4, -0.2) is 21.6 Å². The molecule has 1 heterocycles. The van der Waals surface area contributed by atoms with E-state index >= 15 is 0 Å². The van der Waals surface area contributed by atoms with Crippen molar-refractivity contribution in [3.05, 3.63) is 47.3 Å². The van der Waals surface area contributed by atoms with Crippen molar-refractivity contribution in [1.82, 2.24) is 9.78 Å². The van der Waals surface area contributed by atoms with Gasteiger partial charge in [-0.2, -0.15) is 5.10 Å². The Morgan fingerprint density at radius 1 is 1.38 bits per heavy atom. The third-order valence-electron chi connectivity index (χ3n) is 3.14. The van der Waals surface area contributed by atoms with E-state index in [0.29, 0.717) is 16.8 Å². The van der Waals surface area contributed by atoms with Crippen LogP contribution in [0.15, 0.2) is 30.6 Å². The van der Waals surface area contributed by atoms with E-state index in [-0.39, 0.29) is 5.91 Å². The number of hydrogen-bond acceptors (Lipinski definition) is 4. The van der Waals surface area contributed by atoms with E-state index in [9.17, 15) is 9.59 Å². The lowest BCUT2D eigenvalue weighted by Gasteiger charge is -2.13. The maximum absolute atomic E-state index is 12.1. The number of aryl methyl sites for hydroxylation is 2. The molecule has 2 amide bonds. The Hall–Kier alpha value is -2.67. The summed E-state index contributed by atoms with van der Waals surface area (Å²) in [6, 6.07) is 3.99. The van der Waals surface area contributed by atoms with Crippen molar-refractivity contribution in [2.75, 3.05) is 5.32 Å². The first kappa shape index (κ1) is 14.7. The Bertz CT molecular complexity index is 692. The SMILES string of the molecule is Cc1cc(C(N)=O)ccc1NC(=O)C(N)c1cnn(C)c1. The number of nitrogens with one attached hydrogen (secondary N) is 1. The van der Waals surface area contributed by atoms with E-state index in [0.717, 1.165) is 5.56 Å². The molecule has 7 nitrogen and oxygen atoms in total. The topological polar surface area (TPSA) is 116 Å². The van der Waals surface area contributed by atoms with E-state index in [1.54, 1.807) is 49.2 Å². The molecule has 0 aliphatic heterocycles. The van der Waals surface area contributed by atoms with Gasteiger partial charge in [0.1, 0.15) is 6.04 Å². The number of aromatic nitrogens is 2. The number of hydrogen-bond donors (Lipinski definition) is 3. The molecule has 1 aromatic carbocycles. The summed E-state index contributed by atoms with van der Waals surface area (Å²) in [5.74, 6) is -0.860. The first-order valence-corrected chi connectivity index (χ1v) is 6.34. The Labute approximate surface area is 121 Å². The van der Waals surface area contributed by atoms with Crippen LogP contribution in [0.3, 0.4) is 0 Å². The number of amides is 2. The summed E-state index contributed by atoms with van der Waals surface area (Å²) >= 11 is 0. The van der Waals surface area contributed by atoms with E-state index in [4.69, 9.17) is 11.5 Å². The minimum absolute atomic E-state index is 0.349. The quantitative estimate of drug-likeness (QED) is 0.757. The maximum Gasteiger partial charge on any atom is 0.248 e. The van der Waals surface area contributed by atoms with Crippen molar-refractivity contribution in [3.8, 4) is 0 Å². The number of primary amides is 1. The smallest absolute Gasteiger partial charge is 0.248 e. The first-order valence-electron chi connectivity index (χ1n) is 6.34. The zero-order valence-electron chi connectivity index (χ0n) is 11.8. The van der Waals surface area contributed by atoms with Crippen molar-refractivity contribution in [2.45, 2.75) is 13.0 Å². The molecule has 0 spiro atoms. The minimum atomic E-state index is -0.811. The van der Waals surface area contributed by atoms with Crippen LogP contribution in [0.2, 0.25) is 0 Å². The highest BCUT2D eigenvalue weighted by molar-refractivity contribution is 5.97. The van der Waals surface area contributed by atoms with Crippen LogP contribution in [0, 0.1) is 6.92 Å². The molecule has 0 saturated heterocycles. The van der Waals surface area contributed by atoms with Crippen LogP contribution in [0.4, 0.5) is 5.69 Å². The van der Waals surface area contributed by atoms with Crippen molar-refractivity contribution in [3.63, 3.8) is 0 Å². The monoisotopic (exact) mass is 287 g/mol. The highest BCUT2D eigenvalue weighted by Crippen LogP contribution is 2.18. The molecule has 0 radical (unpaired) electrons. The molecular formula is C14H17N5O2. The predicted molar refractivity (Wildman–Crippen MR) is 78.5 cm³/mol. The van der Waals surface area contributed by atoms with Crippen LogP contribution in [-0.2, 0) is 11.8 Å². The number of nitrogens with two attached hydrogens (primary N) is 2. The molecule has 21 heavy (non-hydrogen) atoms. The maximum atomic E-state index is 12.1. The molecule has 110 valence electrons. The summed E-state index contributed by atoms with van der Waals surface area (Å²) in [6.07, 6.45) is 3.24. The van der Waals surface area contributed by atoms with E-state index in [1.165, 1.54) is 0 Å². The predicted octanol–water partition coefficient (Wildman–Crippen LogP) is 0.466. The number of rotatable bonds is 4. The zero-order valence-corrected chi connectivity index (χ0v) is 11.8. The molecule has 1 aromatic heterocycles. The fourth-order valence-corrected chi connectivity index (χ4v) is 1.92. The van der Waals surface area contributed by atoms with Gasteiger partial charge in [0.15, 0.2) is 0 Å². The normalized spacial score (nSPS) is 12.0. The zero-order chi connectivity index (χ0) is 15.6. The van der Waals surface area contributed by atoms with Gasteiger partial charge < -0.3 is 16.8 Å². The number of benzene rings is 1. The summed E-state index contributed by atoms with van der Waals surface area (Å²) in [4.78, 5) is 23.2. The summed E-state index contributed by atoms with van der Waals surface area (Å²) < 4.78 is 1.58. The largest absolute Gasteiger partial charge is 0.366 e. The molecule has 2 rings (SSSR count). The molecule has 7 heteroatoms. The number of nitrogens with zero attached hydrogens (tertiary/aromatic N) is 2. The van der Waals surface area contributed by atoms with Gasteiger partial charge >= 0.3 is 0 Å². The Balaban J connectivity index is 2.14. The lowest BCUT2D eigenvalue weighted by molar-refractivity contribution is -0.117. The molecule has 2 aromatic rings. The fourth-order valence-electron chi connectivity index (χ4n) is 1.92. The standard InChI is InChI=1S/C14H17N5O2/c1-8-5-9(13(16)20)3-4-11(8)18-14(21)12(15)10-6-17-19(2)7-10/h3-7,12H,15H2,1-2H3,(H2,16,20)(H,18,21). The molecule has 0 aliphatic carbocycles. The lowest BCUT2D eigenvalue weighted by Crippen LogP contribution is -2.27. The molecule has 5 N–H and O–H groups in total. The average Bonchev–Trinajstić information content (AvgIpc) is 2.86. The summed E-state index contributed by atoms with van der Waals surface area (Å²) in [5, 5.41) is 6.71. The molecule has 0 aliphatic rings. The van der Waals surface area contributed by atoms with Crippen molar-refractivity contribution in [2.24, 2.45) is 18.5 Å². The summed E-state index contributed by atoms with van der Waals surface area (Å²) in [6.45, 7) is 1.78. The lowest BCUT2D eigenvalue weighted by atomic mass is 10.1. The van der Waals surface area contributed by atoms with Crippen LogP contribution >= 0.6 is 0 Å². The number of anilines is 1. The van der Waals surface area contributed by atoms with Crippen LogP contribution in [0.5, 0.6) is 0 Å². The summed E-state index contributed by atoms with van der Waals surface area (Å²) in [7, 11) is 1.75. The Morgan fingerprint density at radius 3 is 2.62 bits per heavy atom. The second-order valence-electron chi connectivity index (χ2n) is 4.81. The van der Waals surface area contributed by atoms with Gasteiger partial charge in [-0.25, -0.2) is 0 Å².